The van der Waals surface area contributed by atoms with Crippen LogP contribution in [0.2, 0.25) is 0 Å². The van der Waals surface area contributed by atoms with Crippen LogP contribution in [0.3, 0.4) is 0 Å². The van der Waals surface area contributed by atoms with Gasteiger partial charge in [-0.3, -0.25) is 10.2 Å². The zero-order chi connectivity index (χ0) is 11.9. The van der Waals surface area contributed by atoms with Crippen LogP contribution in [-0.4, -0.2) is 35.5 Å². The number of carbonyl (C=O) groups is 1. The fourth-order valence-electron chi connectivity index (χ4n) is 0.288. The maximum atomic E-state index is 9.92. The Hall–Kier alpha value is 1.85. The molecular formula is C4H9N3Na3O6P. The first kappa shape index (κ1) is 31.3. The van der Waals surface area contributed by atoms with Crippen molar-refractivity contribution in [2.45, 2.75) is 0 Å². The maximum absolute atomic E-state index is 9.92. The quantitative estimate of drug-likeness (QED) is 0.194. The topological polar surface area (TPSA) is 177 Å². The van der Waals surface area contributed by atoms with Gasteiger partial charge in [0.2, 0.25) is 0 Å². The van der Waals surface area contributed by atoms with Crippen molar-refractivity contribution in [3.63, 3.8) is 0 Å². The summed E-state index contributed by atoms with van der Waals surface area (Å²) in [5.74, 6) is -1.23. The van der Waals surface area contributed by atoms with Gasteiger partial charge < -0.3 is 35.0 Å². The fourth-order valence-corrected chi connectivity index (χ4v) is 0.288. The summed E-state index contributed by atoms with van der Waals surface area (Å²) < 4.78 is 8.55. The third-order valence-electron chi connectivity index (χ3n) is 0.784. The Morgan fingerprint density at radius 1 is 1.35 bits per heavy atom. The molecule has 0 unspecified atom stereocenters. The van der Waals surface area contributed by atoms with Crippen molar-refractivity contribution in [3.05, 3.63) is 0 Å². The Balaban J connectivity index is -0.0000000533. The molecule has 0 bridgehead atoms. The van der Waals surface area contributed by atoms with E-state index < -0.39 is 13.8 Å². The summed E-state index contributed by atoms with van der Waals surface area (Å²) in [6.45, 7) is -0.227. The molecule has 0 aliphatic rings. The number of rotatable bonds is 2. The van der Waals surface area contributed by atoms with Gasteiger partial charge in [0, 0.05) is 7.05 Å². The van der Waals surface area contributed by atoms with Crippen molar-refractivity contribution in [3.8, 4) is 0 Å². The van der Waals surface area contributed by atoms with Gasteiger partial charge in [0.05, 0.1) is 0 Å². The minimum Gasteiger partial charge on any atom is -0.822 e. The van der Waals surface area contributed by atoms with Gasteiger partial charge >= 0.3 is 94.6 Å². The van der Waals surface area contributed by atoms with E-state index in [0.29, 0.717) is 0 Å². The molecule has 84 valence electrons. The molecule has 13 heteroatoms. The van der Waals surface area contributed by atoms with Gasteiger partial charge in [-0.25, -0.2) is 0 Å². The Kier molecular flexibility index (Phi) is 29.3. The number of nitrogens with two attached hydrogens (primary N) is 1. The van der Waals surface area contributed by atoms with Gasteiger partial charge in [0.15, 0.2) is 5.96 Å². The molecule has 17 heavy (non-hydrogen) atoms. The molecule has 0 amide bonds. The van der Waals surface area contributed by atoms with E-state index in [-0.39, 0.29) is 101 Å². The number of hydrogen-bond acceptors (Lipinski definition) is 6. The Bertz CT molecular complexity index is 253. The van der Waals surface area contributed by atoms with E-state index in [1.54, 1.807) is 0 Å². The average molecular weight is 295 g/mol. The van der Waals surface area contributed by atoms with E-state index in [4.69, 9.17) is 35.5 Å². The fraction of sp³-hybridized carbons (Fsp3) is 0.500. The summed E-state index contributed by atoms with van der Waals surface area (Å²) in [5.41, 5.74) is 4.93. The normalized spacial score (nSPS) is 8.00. The molecular weight excluding hydrogens is 286 g/mol. The van der Waals surface area contributed by atoms with Crippen LogP contribution in [0.4, 0.5) is 0 Å². The van der Waals surface area contributed by atoms with Gasteiger partial charge in [0.1, 0.15) is 6.54 Å². The molecule has 0 heterocycles. The van der Waals surface area contributed by atoms with E-state index in [1.165, 1.54) is 7.05 Å². The van der Waals surface area contributed by atoms with Crippen molar-refractivity contribution < 1.29 is 118 Å². The van der Waals surface area contributed by atoms with Crippen LogP contribution >= 0.6 is 7.82 Å². The van der Waals surface area contributed by atoms with Crippen molar-refractivity contribution in [1.82, 2.24) is 4.90 Å². The number of likely N-dealkylation sites (N-methyl/N-ethyl adjacent to an activating group) is 1. The van der Waals surface area contributed by atoms with Gasteiger partial charge in [-0.2, -0.15) is 7.82 Å². The van der Waals surface area contributed by atoms with Crippen LogP contribution in [-0.2, 0) is 9.36 Å². The second kappa shape index (κ2) is 15.9. The summed E-state index contributed by atoms with van der Waals surface area (Å²) in [5, 5.41) is 14.9. The zero-order valence-electron chi connectivity index (χ0n) is 10.2. The summed E-state index contributed by atoms with van der Waals surface area (Å²) in [7, 11) is -3.95. The van der Waals surface area contributed by atoms with Crippen LogP contribution in [0.25, 0.3) is 0 Å². The summed E-state index contributed by atoms with van der Waals surface area (Å²) in [4.78, 5) is 36.7. The smallest absolute Gasteiger partial charge is 0.822 e. The van der Waals surface area contributed by atoms with Crippen LogP contribution < -0.4 is 109 Å². The van der Waals surface area contributed by atoms with Gasteiger partial charge in [-0.1, -0.05) is 0 Å². The number of hydrogen-bond donors (Lipinski definition) is 3. The van der Waals surface area contributed by atoms with Gasteiger partial charge in [0.25, 0.3) is 0 Å². The molecule has 0 aromatic rings. The van der Waals surface area contributed by atoms with E-state index in [0.717, 1.165) is 4.90 Å². The summed E-state index contributed by atoms with van der Waals surface area (Å²) in [6.07, 6.45) is 0. The summed E-state index contributed by atoms with van der Waals surface area (Å²) >= 11 is 0. The largest absolute Gasteiger partial charge is 1.00 e. The number of carboxylic acids is 1. The second-order valence-electron chi connectivity index (χ2n) is 2.08. The second-order valence-corrected chi connectivity index (χ2v) is 2.98. The number of nitrogens with zero attached hydrogens (tertiary/aromatic N) is 1. The molecule has 0 aromatic carbocycles. The number of carboxylic acid groups (broad SMARTS) is 1. The molecule has 0 aliphatic carbocycles. The first-order valence-corrected chi connectivity index (χ1v) is 4.50. The molecule has 0 aromatic heterocycles. The third-order valence-corrected chi connectivity index (χ3v) is 0.784. The molecule has 0 fully saturated rings. The number of aliphatic carboxylic acids is 1. The van der Waals surface area contributed by atoms with E-state index >= 15 is 0 Å². The van der Waals surface area contributed by atoms with Crippen molar-refractivity contribution in [2.75, 3.05) is 13.6 Å². The van der Waals surface area contributed by atoms with Crippen LogP contribution in [0.1, 0.15) is 0 Å². The molecule has 0 saturated carbocycles. The van der Waals surface area contributed by atoms with Crippen LogP contribution in [0.5, 0.6) is 0 Å². The van der Waals surface area contributed by atoms with Crippen molar-refractivity contribution in [1.29, 1.82) is 5.41 Å². The van der Waals surface area contributed by atoms with Crippen molar-refractivity contribution in [2.24, 2.45) is 5.73 Å². The van der Waals surface area contributed by atoms with Gasteiger partial charge in [-0.05, 0) is 0 Å². The molecule has 0 atom stereocenters. The first-order valence-electron chi connectivity index (χ1n) is 3.04. The standard InChI is InChI=1S/C4H9N3O2.3Na.H3O4P/c1-7(4(5)6)2-3(8)9;;;;1-5(2,3)4/h2H2,1H3,(H3,5,6)(H,8,9);;;;(H3,1,2,3,4)/q;3*+1;/p-3. The average Bonchev–Trinajstić information content (AvgIpc) is 1.80. The number of guanidine groups is 1. The monoisotopic (exact) mass is 295 g/mol. The maximum Gasteiger partial charge on any atom is 1.00 e. The molecule has 0 spiro atoms. The SMILES string of the molecule is CN(CC(=O)O)C(=N)N.O=P([O-])([O-])[O-].[Na+].[Na+].[Na+]. The predicted octanol–water partition coefficient (Wildman–Crippen LogP) is -12.9. The van der Waals surface area contributed by atoms with E-state index in [1.807, 2.05) is 0 Å². The minimum atomic E-state index is -5.39. The zero-order valence-corrected chi connectivity index (χ0v) is 17.1. The molecule has 0 rings (SSSR count). The molecule has 9 nitrogen and oxygen atoms in total. The van der Waals surface area contributed by atoms with Gasteiger partial charge in [-0.15, -0.1) is 0 Å². The predicted molar refractivity (Wildman–Crippen MR) is 39.8 cm³/mol. The third kappa shape index (κ3) is 46.2. The Morgan fingerprint density at radius 3 is 1.65 bits per heavy atom. The molecule has 0 aliphatic heterocycles. The number of nitrogens with one attached hydrogen (secondary N) is 1. The molecule has 0 radical (unpaired) electrons. The Labute approximate surface area is 165 Å². The summed E-state index contributed by atoms with van der Waals surface area (Å²) in [6, 6.07) is 0. The van der Waals surface area contributed by atoms with Crippen molar-refractivity contribution >= 4 is 19.8 Å². The van der Waals surface area contributed by atoms with Crippen LogP contribution in [0.15, 0.2) is 0 Å². The molecule has 4 N–H and O–H groups in total. The number of phosphoric acid groups is 1. The molecule has 0 saturated heterocycles. The Morgan fingerprint density at radius 2 is 1.59 bits per heavy atom. The minimum absolute atomic E-state index is 0. The van der Waals surface area contributed by atoms with E-state index in [9.17, 15) is 4.79 Å². The van der Waals surface area contributed by atoms with E-state index in [2.05, 4.69) is 0 Å². The van der Waals surface area contributed by atoms with Crippen LogP contribution in [0, 0.1) is 5.41 Å². The first-order chi connectivity index (χ1) is 6.04.